The molecule has 0 saturated heterocycles. The van der Waals surface area contributed by atoms with E-state index in [0.29, 0.717) is 17.3 Å². The van der Waals surface area contributed by atoms with E-state index < -0.39 is 5.91 Å². The van der Waals surface area contributed by atoms with Crippen LogP contribution in [-0.4, -0.2) is 13.0 Å². The third-order valence-electron chi connectivity index (χ3n) is 1.78. The molecule has 0 unspecified atom stereocenters. The van der Waals surface area contributed by atoms with Gasteiger partial charge in [-0.3, -0.25) is 4.79 Å². The average molecular weight is 215 g/mol. The smallest absolute Gasteiger partial charge is 0.250 e. The third kappa shape index (κ3) is 2.16. The molecule has 76 valence electrons. The number of halogens is 1. The fourth-order valence-electron chi connectivity index (χ4n) is 1.12. The predicted octanol–water partition coefficient (Wildman–Crippen LogP) is 1.17. The van der Waals surface area contributed by atoms with Crippen molar-refractivity contribution in [1.82, 2.24) is 0 Å². The summed E-state index contributed by atoms with van der Waals surface area (Å²) in [7, 11) is 1.55. The van der Waals surface area contributed by atoms with Gasteiger partial charge in [-0.15, -0.1) is 0 Å². The Morgan fingerprint density at radius 1 is 1.57 bits per heavy atom. The summed E-state index contributed by atoms with van der Waals surface area (Å²) < 4.78 is 4.91. The summed E-state index contributed by atoms with van der Waals surface area (Å²) in [5, 5.41) is 0.426. The molecular formula is C9H11ClN2O2. The van der Waals surface area contributed by atoms with Crippen LogP contribution >= 0.6 is 11.6 Å². The number of rotatable bonds is 3. The number of nitrogen functional groups attached to an aromatic ring is 1. The average Bonchev–Trinajstić information content (AvgIpc) is 2.10. The van der Waals surface area contributed by atoms with Gasteiger partial charge in [0.15, 0.2) is 0 Å². The quantitative estimate of drug-likeness (QED) is 0.742. The fraction of sp³-hybridized carbons (Fsp3) is 0.222. The van der Waals surface area contributed by atoms with Crippen LogP contribution in [0.25, 0.3) is 0 Å². The van der Waals surface area contributed by atoms with E-state index >= 15 is 0 Å². The molecule has 14 heavy (non-hydrogen) atoms. The minimum atomic E-state index is -0.589. The minimum Gasteiger partial charge on any atom is -0.398 e. The molecule has 1 aromatic rings. The van der Waals surface area contributed by atoms with Crippen LogP contribution in [0.15, 0.2) is 12.1 Å². The Bertz CT molecular complexity index is 366. The van der Waals surface area contributed by atoms with Gasteiger partial charge in [-0.05, 0) is 17.7 Å². The molecule has 0 bridgehead atoms. The van der Waals surface area contributed by atoms with Crippen molar-refractivity contribution in [2.75, 3.05) is 12.8 Å². The highest BCUT2D eigenvalue weighted by molar-refractivity contribution is 6.32. The van der Waals surface area contributed by atoms with Crippen molar-refractivity contribution in [2.45, 2.75) is 6.61 Å². The molecule has 0 aliphatic carbocycles. The highest BCUT2D eigenvalue weighted by Crippen LogP contribution is 2.23. The van der Waals surface area contributed by atoms with Crippen molar-refractivity contribution in [2.24, 2.45) is 5.73 Å². The summed E-state index contributed by atoms with van der Waals surface area (Å²) in [6.45, 7) is 0.349. The van der Waals surface area contributed by atoms with Gasteiger partial charge < -0.3 is 16.2 Å². The number of hydrogen-bond donors (Lipinski definition) is 2. The molecule has 1 amide bonds. The third-order valence-corrected chi connectivity index (χ3v) is 2.14. The molecule has 0 spiro atoms. The van der Waals surface area contributed by atoms with E-state index in [1.807, 2.05) is 0 Å². The second-order valence-electron chi connectivity index (χ2n) is 2.83. The maximum absolute atomic E-state index is 10.9. The molecule has 0 atom stereocenters. The number of carbonyl (C=O) groups is 1. The Balaban J connectivity index is 3.17. The van der Waals surface area contributed by atoms with Crippen LogP contribution in [0.1, 0.15) is 15.9 Å². The van der Waals surface area contributed by atoms with Crippen LogP contribution in [-0.2, 0) is 11.3 Å². The Kier molecular flexibility index (Phi) is 3.33. The van der Waals surface area contributed by atoms with Crippen LogP contribution in [0.4, 0.5) is 5.69 Å². The summed E-state index contributed by atoms with van der Waals surface area (Å²) >= 11 is 5.88. The summed E-state index contributed by atoms with van der Waals surface area (Å²) in [5.41, 5.74) is 12.0. The Hall–Kier alpha value is -1.26. The number of methoxy groups -OCH3 is 1. The van der Waals surface area contributed by atoms with Crippen LogP contribution in [0, 0.1) is 0 Å². The SMILES string of the molecule is COCc1cc(N)c(C(N)=O)cc1Cl. The van der Waals surface area contributed by atoms with Crippen molar-refractivity contribution in [3.05, 3.63) is 28.3 Å². The number of anilines is 1. The van der Waals surface area contributed by atoms with Gasteiger partial charge in [0, 0.05) is 17.8 Å². The molecule has 1 aromatic carbocycles. The van der Waals surface area contributed by atoms with E-state index in [-0.39, 0.29) is 5.56 Å². The second kappa shape index (κ2) is 4.30. The van der Waals surface area contributed by atoms with Gasteiger partial charge in [-0.2, -0.15) is 0 Å². The van der Waals surface area contributed by atoms with Gasteiger partial charge in [-0.1, -0.05) is 11.6 Å². The molecule has 0 saturated carbocycles. The van der Waals surface area contributed by atoms with Crippen molar-refractivity contribution in [1.29, 1.82) is 0 Å². The Labute approximate surface area is 86.8 Å². The maximum Gasteiger partial charge on any atom is 0.250 e. The van der Waals surface area contributed by atoms with Gasteiger partial charge in [0.05, 0.1) is 12.2 Å². The monoisotopic (exact) mass is 214 g/mol. The number of ether oxygens (including phenoxy) is 1. The van der Waals surface area contributed by atoms with Crippen LogP contribution in [0.2, 0.25) is 5.02 Å². The van der Waals surface area contributed by atoms with E-state index in [2.05, 4.69) is 0 Å². The molecule has 4 nitrogen and oxygen atoms in total. The Morgan fingerprint density at radius 2 is 2.21 bits per heavy atom. The molecule has 0 radical (unpaired) electrons. The number of amides is 1. The largest absolute Gasteiger partial charge is 0.398 e. The van der Waals surface area contributed by atoms with Crippen molar-refractivity contribution in [3.8, 4) is 0 Å². The van der Waals surface area contributed by atoms with E-state index in [1.165, 1.54) is 6.07 Å². The highest BCUT2D eigenvalue weighted by Gasteiger charge is 2.10. The van der Waals surface area contributed by atoms with Crippen molar-refractivity contribution in [3.63, 3.8) is 0 Å². The zero-order chi connectivity index (χ0) is 10.7. The van der Waals surface area contributed by atoms with Gasteiger partial charge >= 0.3 is 0 Å². The maximum atomic E-state index is 10.9. The molecule has 0 aliphatic rings. The highest BCUT2D eigenvalue weighted by atomic mass is 35.5. The zero-order valence-electron chi connectivity index (χ0n) is 7.71. The van der Waals surface area contributed by atoms with Crippen LogP contribution in [0.3, 0.4) is 0 Å². The van der Waals surface area contributed by atoms with Crippen molar-refractivity contribution < 1.29 is 9.53 Å². The summed E-state index contributed by atoms with van der Waals surface area (Å²) in [6, 6.07) is 3.04. The normalized spacial score (nSPS) is 10.1. The van der Waals surface area contributed by atoms with E-state index in [1.54, 1.807) is 13.2 Å². The molecule has 0 heterocycles. The lowest BCUT2D eigenvalue weighted by molar-refractivity contribution is 0.100. The number of benzene rings is 1. The Morgan fingerprint density at radius 3 is 2.71 bits per heavy atom. The zero-order valence-corrected chi connectivity index (χ0v) is 8.47. The number of primary amides is 1. The first-order valence-electron chi connectivity index (χ1n) is 3.93. The molecule has 1 rings (SSSR count). The van der Waals surface area contributed by atoms with Gasteiger partial charge in [0.1, 0.15) is 0 Å². The van der Waals surface area contributed by atoms with E-state index in [0.717, 1.165) is 5.56 Å². The lowest BCUT2D eigenvalue weighted by Gasteiger charge is -2.07. The molecule has 5 heteroatoms. The molecular weight excluding hydrogens is 204 g/mol. The molecule has 0 aliphatic heterocycles. The van der Waals surface area contributed by atoms with Crippen LogP contribution in [0.5, 0.6) is 0 Å². The standard InChI is InChI=1S/C9H11ClN2O2/c1-14-4-5-2-8(11)6(9(12)13)3-7(5)10/h2-3H,4,11H2,1H3,(H2,12,13). The summed E-state index contributed by atoms with van der Waals surface area (Å²) in [4.78, 5) is 10.9. The lowest BCUT2D eigenvalue weighted by Crippen LogP contribution is -2.14. The van der Waals surface area contributed by atoms with E-state index in [4.69, 9.17) is 27.8 Å². The first-order chi connectivity index (χ1) is 6.56. The molecule has 0 aromatic heterocycles. The topological polar surface area (TPSA) is 78.3 Å². The number of nitrogens with two attached hydrogens (primary N) is 2. The van der Waals surface area contributed by atoms with Gasteiger partial charge in [-0.25, -0.2) is 0 Å². The van der Waals surface area contributed by atoms with E-state index in [9.17, 15) is 4.79 Å². The number of carbonyl (C=O) groups excluding carboxylic acids is 1. The predicted molar refractivity (Wildman–Crippen MR) is 55.1 cm³/mol. The molecule has 4 N–H and O–H groups in total. The fourth-order valence-corrected chi connectivity index (χ4v) is 1.33. The first-order valence-corrected chi connectivity index (χ1v) is 4.30. The second-order valence-corrected chi connectivity index (χ2v) is 3.24. The number of hydrogen-bond acceptors (Lipinski definition) is 3. The van der Waals surface area contributed by atoms with Gasteiger partial charge in [0.2, 0.25) is 0 Å². The lowest BCUT2D eigenvalue weighted by atomic mass is 10.1. The molecule has 0 fully saturated rings. The first kappa shape index (κ1) is 10.8. The van der Waals surface area contributed by atoms with Crippen LogP contribution < -0.4 is 11.5 Å². The minimum absolute atomic E-state index is 0.231. The summed E-state index contributed by atoms with van der Waals surface area (Å²) in [5.74, 6) is -0.589. The van der Waals surface area contributed by atoms with Gasteiger partial charge in [0.25, 0.3) is 5.91 Å². The summed E-state index contributed by atoms with van der Waals surface area (Å²) in [6.07, 6.45) is 0. The van der Waals surface area contributed by atoms with Crippen molar-refractivity contribution >= 4 is 23.2 Å².